The van der Waals surface area contributed by atoms with E-state index in [-0.39, 0.29) is 22.1 Å². The minimum Gasteiger partial charge on any atom is -0.437 e. The van der Waals surface area contributed by atoms with Crippen LogP contribution in [0.3, 0.4) is 0 Å². The molecule has 0 saturated carbocycles. The highest BCUT2D eigenvalue weighted by Gasteiger charge is 2.11. The van der Waals surface area contributed by atoms with Gasteiger partial charge in [0.05, 0.1) is 27.1 Å². The maximum atomic E-state index is 13.0. The van der Waals surface area contributed by atoms with Gasteiger partial charge in [0, 0.05) is 23.0 Å². The Kier molecular flexibility index (Phi) is 6.47. The topological polar surface area (TPSA) is 113 Å². The predicted molar refractivity (Wildman–Crippen MR) is 128 cm³/mol. The zero-order valence-electron chi connectivity index (χ0n) is 17.1. The molecular weight excluding hydrogens is 514 g/mol. The van der Waals surface area contributed by atoms with Gasteiger partial charge in [0.15, 0.2) is 0 Å². The third-order valence-electron chi connectivity index (χ3n) is 4.62. The van der Waals surface area contributed by atoms with Crippen molar-refractivity contribution in [1.82, 2.24) is 14.6 Å². The second kappa shape index (κ2) is 9.47. The maximum absolute atomic E-state index is 13.0. The highest BCUT2D eigenvalue weighted by molar-refractivity contribution is 9.10. The summed E-state index contributed by atoms with van der Waals surface area (Å²) >= 11 is 9.69. The molecule has 4 rings (SSSR count). The zero-order valence-corrected chi connectivity index (χ0v) is 19.4. The lowest BCUT2D eigenvalue weighted by atomic mass is 10.2. The van der Waals surface area contributed by atoms with Crippen LogP contribution < -0.4 is 10.3 Å². The van der Waals surface area contributed by atoms with Crippen molar-refractivity contribution in [3.63, 3.8) is 0 Å². The number of hydrogen-bond donors (Lipinski definition) is 0. The molecule has 4 aromatic rings. The number of fused-ring (bicyclic) bond motifs is 1. The first-order valence-electron chi connectivity index (χ1n) is 9.69. The molecule has 0 unspecified atom stereocenters. The number of rotatable bonds is 6. The van der Waals surface area contributed by atoms with Gasteiger partial charge in [0.25, 0.3) is 11.2 Å². The number of nitrogens with zero attached hydrogens (tertiary/aromatic N) is 5. The molecule has 2 aromatic carbocycles. The maximum Gasteiger partial charge on any atom is 0.287 e. The average molecular weight is 529 g/mol. The smallest absolute Gasteiger partial charge is 0.287 e. The molecule has 2 aromatic heterocycles. The van der Waals surface area contributed by atoms with Crippen LogP contribution in [0.25, 0.3) is 10.9 Å². The normalized spacial score (nSPS) is 11.2. The summed E-state index contributed by atoms with van der Waals surface area (Å²) < 4.78 is 7.65. The van der Waals surface area contributed by atoms with Crippen molar-refractivity contribution in [2.45, 2.75) is 13.3 Å². The SMILES string of the molecule is CCc1nc2ccc(Br)cc2c(=O)n1N=Cc1ccc(Oc2ccc([N+](=O)[O-])cn2)c(Cl)c1. The first-order valence-corrected chi connectivity index (χ1v) is 10.9. The molecule has 0 amide bonds. The number of benzene rings is 2. The highest BCUT2D eigenvalue weighted by Crippen LogP contribution is 2.29. The van der Waals surface area contributed by atoms with Crippen LogP contribution in [0.2, 0.25) is 5.02 Å². The number of pyridine rings is 1. The molecule has 0 fully saturated rings. The van der Waals surface area contributed by atoms with Crippen molar-refractivity contribution < 1.29 is 9.66 Å². The van der Waals surface area contributed by atoms with E-state index in [2.05, 4.69) is 31.0 Å². The molecule has 33 heavy (non-hydrogen) atoms. The van der Waals surface area contributed by atoms with E-state index >= 15 is 0 Å². The fraction of sp³-hybridized carbons (Fsp3) is 0.0909. The van der Waals surface area contributed by atoms with Gasteiger partial charge in [-0.25, -0.2) is 9.97 Å². The van der Waals surface area contributed by atoms with Crippen molar-refractivity contribution in [3.8, 4) is 11.6 Å². The van der Waals surface area contributed by atoms with Crippen LogP contribution in [0, 0.1) is 10.1 Å². The van der Waals surface area contributed by atoms with E-state index in [0.29, 0.717) is 34.5 Å². The first-order chi connectivity index (χ1) is 15.9. The minimum atomic E-state index is -0.545. The van der Waals surface area contributed by atoms with E-state index < -0.39 is 4.92 Å². The van der Waals surface area contributed by atoms with Gasteiger partial charge in [-0.2, -0.15) is 9.78 Å². The number of nitro groups is 1. The molecule has 0 aliphatic heterocycles. The quantitative estimate of drug-likeness (QED) is 0.189. The Bertz CT molecular complexity index is 1450. The molecule has 0 N–H and O–H groups in total. The second-order valence-corrected chi connectivity index (χ2v) is 8.13. The summed E-state index contributed by atoms with van der Waals surface area (Å²) in [5.41, 5.74) is 0.824. The lowest BCUT2D eigenvalue weighted by molar-refractivity contribution is -0.385. The first kappa shape index (κ1) is 22.6. The van der Waals surface area contributed by atoms with E-state index in [4.69, 9.17) is 16.3 Å². The summed E-state index contributed by atoms with van der Waals surface area (Å²) in [6.07, 6.45) is 3.13. The van der Waals surface area contributed by atoms with Gasteiger partial charge in [-0.05, 0) is 42.0 Å². The lowest BCUT2D eigenvalue weighted by Crippen LogP contribution is -2.22. The third-order valence-corrected chi connectivity index (χ3v) is 5.40. The Morgan fingerprint density at radius 2 is 2.06 bits per heavy atom. The number of ether oxygens (including phenoxy) is 1. The zero-order chi connectivity index (χ0) is 23.5. The monoisotopic (exact) mass is 527 g/mol. The lowest BCUT2D eigenvalue weighted by Gasteiger charge is -2.08. The summed E-state index contributed by atoms with van der Waals surface area (Å²) in [4.78, 5) is 31.6. The van der Waals surface area contributed by atoms with Gasteiger partial charge >= 0.3 is 0 Å². The van der Waals surface area contributed by atoms with E-state index in [9.17, 15) is 14.9 Å². The van der Waals surface area contributed by atoms with Crippen LogP contribution in [-0.2, 0) is 6.42 Å². The van der Waals surface area contributed by atoms with Crippen molar-refractivity contribution in [1.29, 1.82) is 0 Å². The third kappa shape index (κ3) is 4.91. The van der Waals surface area contributed by atoms with Gasteiger partial charge in [0.2, 0.25) is 5.88 Å². The Labute approximate surface area is 200 Å². The van der Waals surface area contributed by atoms with E-state index in [0.717, 1.165) is 10.7 Å². The van der Waals surface area contributed by atoms with Crippen LogP contribution in [0.15, 0.2) is 69.1 Å². The predicted octanol–water partition coefficient (Wildman–Crippen LogP) is 5.35. The number of hydrogen-bond acceptors (Lipinski definition) is 7. The Balaban J connectivity index is 1.61. The Hall–Kier alpha value is -3.63. The van der Waals surface area contributed by atoms with E-state index in [1.54, 1.807) is 30.3 Å². The number of halogens is 2. The van der Waals surface area contributed by atoms with Gasteiger partial charge in [-0.15, -0.1) is 0 Å². The van der Waals surface area contributed by atoms with Crippen molar-refractivity contribution in [2.24, 2.45) is 5.10 Å². The van der Waals surface area contributed by atoms with Crippen molar-refractivity contribution in [3.05, 3.63) is 96.1 Å². The highest BCUT2D eigenvalue weighted by atomic mass is 79.9. The minimum absolute atomic E-state index is 0.141. The summed E-state index contributed by atoms with van der Waals surface area (Å²) in [6, 6.07) is 12.9. The fourth-order valence-electron chi connectivity index (χ4n) is 3.00. The Morgan fingerprint density at radius 3 is 2.73 bits per heavy atom. The van der Waals surface area contributed by atoms with Crippen LogP contribution in [0.4, 0.5) is 5.69 Å². The van der Waals surface area contributed by atoms with Gasteiger partial charge in [-0.1, -0.05) is 34.5 Å². The van der Waals surface area contributed by atoms with Gasteiger partial charge in [0.1, 0.15) is 17.8 Å². The molecule has 0 saturated heterocycles. The fourth-order valence-corrected chi connectivity index (χ4v) is 3.59. The summed E-state index contributed by atoms with van der Waals surface area (Å²) in [6.45, 7) is 1.90. The van der Waals surface area contributed by atoms with Crippen LogP contribution >= 0.6 is 27.5 Å². The molecule has 0 aliphatic carbocycles. The molecule has 0 radical (unpaired) electrons. The standard InChI is InChI=1S/C22H15BrClN5O4/c1-2-20-27-18-6-4-14(23)10-16(18)22(30)28(20)26-11-13-3-7-19(17(24)9-13)33-21-8-5-15(12-25-21)29(31)32/h3-12H,2H2,1H3. The van der Waals surface area contributed by atoms with Crippen molar-refractivity contribution in [2.75, 3.05) is 0 Å². The van der Waals surface area contributed by atoms with E-state index in [1.807, 2.05) is 13.0 Å². The molecule has 0 bridgehead atoms. The molecule has 0 atom stereocenters. The molecule has 0 spiro atoms. The summed E-state index contributed by atoms with van der Waals surface area (Å²) in [5, 5.41) is 15.8. The van der Waals surface area contributed by atoms with Crippen molar-refractivity contribution >= 4 is 50.3 Å². The molecule has 0 aliphatic rings. The van der Waals surface area contributed by atoms with E-state index in [1.165, 1.54) is 23.0 Å². The molecular formula is C22H15BrClN5O4. The molecule has 9 nitrogen and oxygen atoms in total. The average Bonchev–Trinajstić information content (AvgIpc) is 2.80. The summed E-state index contributed by atoms with van der Waals surface area (Å²) in [7, 11) is 0. The molecule has 166 valence electrons. The number of aryl methyl sites for hydroxylation is 1. The van der Waals surface area contributed by atoms with Gasteiger partial charge in [-0.3, -0.25) is 14.9 Å². The Morgan fingerprint density at radius 1 is 1.24 bits per heavy atom. The van der Waals surface area contributed by atoms with Crippen LogP contribution in [0.1, 0.15) is 18.3 Å². The molecule has 2 heterocycles. The largest absolute Gasteiger partial charge is 0.437 e. The van der Waals surface area contributed by atoms with Crippen LogP contribution in [-0.4, -0.2) is 25.8 Å². The molecule has 11 heteroatoms. The van der Waals surface area contributed by atoms with Crippen LogP contribution in [0.5, 0.6) is 11.6 Å². The van der Waals surface area contributed by atoms with Gasteiger partial charge < -0.3 is 4.74 Å². The number of aromatic nitrogens is 3. The summed E-state index contributed by atoms with van der Waals surface area (Å²) in [5.74, 6) is 1.01. The second-order valence-electron chi connectivity index (χ2n) is 6.81.